The summed E-state index contributed by atoms with van der Waals surface area (Å²) in [5.41, 5.74) is 0.192. The Hall–Kier alpha value is -1.89. The molecule has 0 aliphatic carbocycles. The zero-order valence-corrected chi connectivity index (χ0v) is 10.5. The van der Waals surface area contributed by atoms with Crippen molar-refractivity contribution < 1.29 is 28.2 Å². The number of amides is 1. The van der Waals surface area contributed by atoms with E-state index < -0.39 is 25.0 Å². The number of aliphatic hydroxyl groups is 1. The number of carbonyl (C=O) groups excluding carboxylic acids is 1. The smallest absolute Gasteiger partial charge is 0.265 e. The lowest BCUT2D eigenvalue weighted by atomic mass is 10.2. The van der Waals surface area contributed by atoms with Gasteiger partial charge in [-0.05, 0) is 12.1 Å². The number of halogens is 2. The van der Waals surface area contributed by atoms with Crippen molar-refractivity contribution in [3.05, 3.63) is 23.8 Å². The van der Waals surface area contributed by atoms with E-state index in [4.69, 9.17) is 14.6 Å². The minimum atomic E-state index is -2.90. The van der Waals surface area contributed by atoms with Gasteiger partial charge in [-0.25, -0.2) is 8.78 Å². The third kappa shape index (κ3) is 4.36. The van der Waals surface area contributed by atoms with Crippen molar-refractivity contribution in [3.63, 3.8) is 0 Å². The fourth-order valence-electron chi connectivity index (χ4n) is 1.33. The molecule has 1 unspecified atom stereocenters. The van der Waals surface area contributed by atoms with Crippen LogP contribution in [-0.4, -0.2) is 44.3 Å². The fraction of sp³-hybridized carbons (Fsp3) is 0.417. The van der Waals surface area contributed by atoms with Crippen LogP contribution < -0.4 is 14.8 Å². The predicted octanol–water partition coefficient (Wildman–Crippen LogP) is 1.06. The van der Waals surface area contributed by atoms with Gasteiger partial charge in [0.15, 0.2) is 0 Å². The molecule has 1 aromatic rings. The summed E-state index contributed by atoms with van der Waals surface area (Å²) in [4.78, 5) is 11.7. The second kappa shape index (κ2) is 6.89. The molecule has 0 saturated carbocycles. The number of carbonyl (C=O) groups is 1. The second-order valence-electron chi connectivity index (χ2n) is 3.71. The number of rotatable bonds is 6. The number of alkyl halides is 2. The van der Waals surface area contributed by atoms with E-state index in [2.05, 4.69) is 5.32 Å². The van der Waals surface area contributed by atoms with Crippen LogP contribution in [0.15, 0.2) is 18.2 Å². The maximum absolute atomic E-state index is 12.1. The van der Waals surface area contributed by atoms with Gasteiger partial charge in [-0.3, -0.25) is 4.79 Å². The Labute approximate surface area is 109 Å². The lowest BCUT2D eigenvalue weighted by molar-refractivity contribution is -0.00270. The molecule has 0 heterocycles. The average molecular weight is 275 g/mol. The summed E-state index contributed by atoms with van der Waals surface area (Å²) in [6.45, 7) is -0.532. The number of aliphatic hydroxyl groups excluding tert-OH is 1. The Morgan fingerprint density at radius 3 is 2.21 bits per heavy atom. The summed E-state index contributed by atoms with van der Waals surface area (Å²) in [7, 11) is 2.86. The molecule has 0 fully saturated rings. The predicted molar refractivity (Wildman–Crippen MR) is 63.9 cm³/mol. The maximum atomic E-state index is 12.1. The van der Waals surface area contributed by atoms with Crippen molar-refractivity contribution in [2.45, 2.75) is 12.5 Å². The van der Waals surface area contributed by atoms with Crippen LogP contribution in [0.5, 0.6) is 11.5 Å². The van der Waals surface area contributed by atoms with Gasteiger partial charge in [0.2, 0.25) is 0 Å². The highest BCUT2D eigenvalue weighted by Gasteiger charge is 2.18. The Morgan fingerprint density at radius 2 is 1.79 bits per heavy atom. The molecular weight excluding hydrogens is 260 g/mol. The summed E-state index contributed by atoms with van der Waals surface area (Å²) in [6.07, 6.45) is -4.79. The van der Waals surface area contributed by atoms with Gasteiger partial charge in [0.25, 0.3) is 12.3 Å². The van der Waals surface area contributed by atoms with Gasteiger partial charge >= 0.3 is 0 Å². The van der Waals surface area contributed by atoms with E-state index in [-0.39, 0.29) is 5.56 Å². The third-order valence-corrected chi connectivity index (χ3v) is 2.38. The van der Waals surface area contributed by atoms with Gasteiger partial charge in [0, 0.05) is 18.2 Å². The van der Waals surface area contributed by atoms with E-state index in [1.165, 1.54) is 26.4 Å². The van der Waals surface area contributed by atoms with Crippen LogP contribution in [-0.2, 0) is 0 Å². The summed E-state index contributed by atoms with van der Waals surface area (Å²) in [6, 6.07) is 4.45. The number of methoxy groups -OCH3 is 2. The molecule has 0 spiro atoms. The number of ether oxygens (including phenoxy) is 2. The van der Waals surface area contributed by atoms with Gasteiger partial charge < -0.3 is 19.9 Å². The standard InChI is InChI=1S/C12H15F2NO4/c1-18-8-3-7(4-9(5-8)19-2)12(17)15-6-10(16)11(13)14/h3-5,10-11,16H,6H2,1-2H3,(H,15,17). The lowest BCUT2D eigenvalue weighted by Crippen LogP contribution is -2.35. The zero-order chi connectivity index (χ0) is 14.4. The molecule has 0 aromatic heterocycles. The number of hydrogen-bond acceptors (Lipinski definition) is 4. The highest BCUT2D eigenvalue weighted by molar-refractivity contribution is 5.95. The first-order valence-electron chi connectivity index (χ1n) is 5.45. The lowest BCUT2D eigenvalue weighted by Gasteiger charge is -2.12. The molecule has 0 bridgehead atoms. The molecule has 1 rings (SSSR count). The van der Waals surface area contributed by atoms with Crippen LogP contribution >= 0.6 is 0 Å². The zero-order valence-electron chi connectivity index (χ0n) is 10.5. The quantitative estimate of drug-likeness (QED) is 0.814. The first-order valence-corrected chi connectivity index (χ1v) is 5.45. The first-order chi connectivity index (χ1) is 8.97. The van der Waals surface area contributed by atoms with Crippen molar-refractivity contribution in [2.75, 3.05) is 20.8 Å². The number of nitrogens with one attached hydrogen (secondary N) is 1. The number of benzene rings is 1. The van der Waals surface area contributed by atoms with Gasteiger partial charge in [0.1, 0.15) is 17.6 Å². The Balaban J connectivity index is 2.76. The van der Waals surface area contributed by atoms with Crippen LogP contribution in [0.1, 0.15) is 10.4 Å². The van der Waals surface area contributed by atoms with Crippen LogP contribution in [0, 0.1) is 0 Å². The van der Waals surface area contributed by atoms with Crippen LogP contribution in [0.3, 0.4) is 0 Å². The molecule has 1 atom stereocenters. The monoisotopic (exact) mass is 275 g/mol. The SMILES string of the molecule is COc1cc(OC)cc(C(=O)NCC(O)C(F)F)c1. The molecule has 2 N–H and O–H groups in total. The molecule has 0 aliphatic rings. The van der Waals surface area contributed by atoms with Gasteiger partial charge in [-0.1, -0.05) is 0 Å². The third-order valence-electron chi connectivity index (χ3n) is 2.38. The number of hydrogen-bond donors (Lipinski definition) is 2. The topological polar surface area (TPSA) is 67.8 Å². The van der Waals surface area contributed by atoms with Crippen molar-refractivity contribution >= 4 is 5.91 Å². The largest absolute Gasteiger partial charge is 0.497 e. The maximum Gasteiger partial charge on any atom is 0.265 e. The molecule has 106 valence electrons. The van der Waals surface area contributed by atoms with E-state index in [0.717, 1.165) is 0 Å². The molecule has 5 nitrogen and oxygen atoms in total. The Morgan fingerprint density at radius 1 is 1.26 bits per heavy atom. The first kappa shape index (κ1) is 15.2. The van der Waals surface area contributed by atoms with Gasteiger partial charge in [-0.15, -0.1) is 0 Å². The molecule has 19 heavy (non-hydrogen) atoms. The summed E-state index contributed by atoms with van der Waals surface area (Å²) in [5, 5.41) is 11.1. The Kier molecular flexibility index (Phi) is 5.50. The highest BCUT2D eigenvalue weighted by atomic mass is 19.3. The molecular formula is C12H15F2NO4. The second-order valence-corrected chi connectivity index (χ2v) is 3.71. The normalized spacial score (nSPS) is 12.1. The highest BCUT2D eigenvalue weighted by Crippen LogP contribution is 2.22. The molecule has 7 heteroatoms. The van der Waals surface area contributed by atoms with Crippen molar-refractivity contribution in [1.82, 2.24) is 5.32 Å². The van der Waals surface area contributed by atoms with Gasteiger partial charge in [-0.2, -0.15) is 0 Å². The minimum Gasteiger partial charge on any atom is -0.497 e. The molecule has 0 aliphatic heterocycles. The van der Waals surface area contributed by atoms with Gasteiger partial charge in [0.05, 0.1) is 14.2 Å². The van der Waals surface area contributed by atoms with E-state index in [9.17, 15) is 13.6 Å². The van der Waals surface area contributed by atoms with Crippen LogP contribution in [0.25, 0.3) is 0 Å². The Bertz CT molecular complexity index is 417. The van der Waals surface area contributed by atoms with Crippen LogP contribution in [0.2, 0.25) is 0 Å². The van der Waals surface area contributed by atoms with E-state index >= 15 is 0 Å². The van der Waals surface area contributed by atoms with E-state index in [0.29, 0.717) is 11.5 Å². The van der Waals surface area contributed by atoms with Crippen molar-refractivity contribution in [2.24, 2.45) is 0 Å². The minimum absolute atomic E-state index is 0.192. The van der Waals surface area contributed by atoms with Crippen molar-refractivity contribution in [3.8, 4) is 11.5 Å². The fourth-order valence-corrected chi connectivity index (χ4v) is 1.33. The van der Waals surface area contributed by atoms with E-state index in [1.54, 1.807) is 6.07 Å². The average Bonchev–Trinajstić information content (AvgIpc) is 2.43. The molecule has 1 amide bonds. The molecule has 1 aromatic carbocycles. The van der Waals surface area contributed by atoms with Crippen LogP contribution in [0.4, 0.5) is 8.78 Å². The summed E-state index contributed by atoms with van der Waals surface area (Å²) in [5.74, 6) is 0.203. The summed E-state index contributed by atoms with van der Waals surface area (Å²) < 4.78 is 34.1. The summed E-state index contributed by atoms with van der Waals surface area (Å²) >= 11 is 0. The van der Waals surface area contributed by atoms with Crippen molar-refractivity contribution in [1.29, 1.82) is 0 Å². The van der Waals surface area contributed by atoms with E-state index in [1.807, 2.05) is 0 Å². The molecule has 0 radical (unpaired) electrons. The molecule has 0 saturated heterocycles.